The molecule has 1 aliphatic rings. The predicted octanol–water partition coefficient (Wildman–Crippen LogP) is 2.28. The number of nitrogens with zero attached hydrogens (tertiary/aromatic N) is 1. The van der Waals surface area contributed by atoms with E-state index in [1.807, 2.05) is 6.07 Å². The summed E-state index contributed by atoms with van der Waals surface area (Å²) in [6.45, 7) is 1.86. The maximum absolute atomic E-state index is 9.53. The lowest BCUT2D eigenvalue weighted by Gasteiger charge is -2.13. The van der Waals surface area contributed by atoms with E-state index in [2.05, 4.69) is 20.6 Å². The fourth-order valence-electron chi connectivity index (χ4n) is 2.40. The number of fused-ring (bicyclic) bond motifs is 1. The van der Waals surface area contributed by atoms with Crippen molar-refractivity contribution in [2.24, 2.45) is 0 Å². The third-order valence-corrected chi connectivity index (χ3v) is 3.53. The Balaban J connectivity index is 2.00. The van der Waals surface area contributed by atoms with Gasteiger partial charge in [0.2, 0.25) is 0 Å². The van der Waals surface area contributed by atoms with Gasteiger partial charge in [0.15, 0.2) is 4.77 Å². The number of phenolic OH excluding ortho intramolecular Hbond substituents is 1. The number of benzene rings is 1. The van der Waals surface area contributed by atoms with E-state index in [9.17, 15) is 5.11 Å². The number of hydrogen-bond acceptors (Lipinski definition) is 5. The molecule has 0 unspecified atom stereocenters. The lowest BCUT2D eigenvalue weighted by Crippen LogP contribution is -2.16. The molecule has 0 fully saturated rings. The summed E-state index contributed by atoms with van der Waals surface area (Å²) in [7, 11) is 0. The molecule has 0 radical (unpaired) electrons. The molecule has 1 aromatic heterocycles. The Kier molecular flexibility index (Phi) is 3.66. The Bertz CT molecular complexity index is 683. The minimum absolute atomic E-state index is 0.226. The highest BCUT2D eigenvalue weighted by Crippen LogP contribution is 2.24. The second-order valence-electron chi connectivity index (χ2n) is 4.77. The van der Waals surface area contributed by atoms with Crippen molar-refractivity contribution in [3.63, 3.8) is 0 Å². The summed E-state index contributed by atoms with van der Waals surface area (Å²) in [6.07, 6.45) is 1.81. The smallest absolute Gasteiger partial charge is 0.198 e. The second-order valence-corrected chi connectivity index (χ2v) is 5.16. The number of aromatic hydroxyl groups is 1. The van der Waals surface area contributed by atoms with Crippen LogP contribution in [0, 0.1) is 4.77 Å². The molecule has 6 heteroatoms. The molecule has 1 aromatic carbocycles. The third-order valence-electron chi connectivity index (χ3n) is 3.33. The van der Waals surface area contributed by atoms with Gasteiger partial charge in [-0.15, -0.1) is 0 Å². The number of phenols is 1. The molecular weight excluding hydrogens is 272 g/mol. The predicted molar refractivity (Wildman–Crippen MR) is 81.1 cm³/mol. The summed E-state index contributed by atoms with van der Waals surface area (Å²) in [6, 6.07) is 6.99. The van der Waals surface area contributed by atoms with Crippen LogP contribution in [-0.2, 0) is 12.8 Å². The van der Waals surface area contributed by atoms with Crippen molar-refractivity contribution in [2.75, 3.05) is 18.4 Å². The van der Waals surface area contributed by atoms with Gasteiger partial charge in [-0.25, -0.2) is 4.98 Å². The summed E-state index contributed by atoms with van der Waals surface area (Å²) < 4.78 is 0.480. The Labute approximate surface area is 122 Å². The molecule has 104 valence electrons. The number of aromatic nitrogens is 2. The molecule has 0 bridgehead atoms. The Morgan fingerprint density at radius 2 is 2.10 bits per heavy atom. The van der Waals surface area contributed by atoms with Gasteiger partial charge in [0.1, 0.15) is 11.6 Å². The second kappa shape index (κ2) is 5.60. The van der Waals surface area contributed by atoms with E-state index in [-0.39, 0.29) is 5.75 Å². The highest BCUT2D eigenvalue weighted by atomic mass is 32.1. The highest BCUT2D eigenvalue weighted by molar-refractivity contribution is 7.71. The van der Waals surface area contributed by atoms with Gasteiger partial charge >= 0.3 is 0 Å². The minimum Gasteiger partial charge on any atom is -0.508 e. The molecule has 0 amide bonds. The molecule has 0 aliphatic carbocycles. The van der Waals surface area contributed by atoms with Gasteiger partial charge in [-0.3, -0.25) is 0 Å². The minimum atomic E-state index is 0.226. The largest absolute Gasteiger partial charge is 0.508 e. The third kappa shape index (κ3) is 2.81. The molecule has 0 saturated carbocycles. The number of nitrogens with one attached hydrogen (secondary N) is 3. The topological polar surface area (TPSA) is 73.0 Å². The van der Waals surface area contributed by atoms with Gasteiger partial charge in [0.25, 0.3) is 0 Å². The van der Waals surface area contributed by atoms with E-state index in [4.69, 9.17) is 12.2 Å². The van der Waals surface area contributed by atoms with E-state index in [0.717, 1.165) is 48.7 Å². The van der Waals surface area contributed by atoms with Crippen molar-refractivity contribution in [1.82, 2.24) is 15.3 Å². The van der Waals surface area contributed by atoms with Crippen molar-refractivity contribution >= 4 is 23.7 Å². The zero-order chi connectivity index (χ0) is 13.9. The molecule has 2 heterocycles. The first-order valence-electron chi connectivity index (χ1n) is 6.61. The van der Waals surface area contributed by atoms with Crippen molar-refractivity contribution in [3.05, 3.63) is 40.3 Å². The quantitative estimate of drug-likeness (QED) is 0.638. The zero-order valence-corrected chi connectivity index (χ0v) is 11.8. The molecule has 3 rings (SSSR count). The van der Waals surface area contributed by atoms with Crippen LogP contribution in [-0.4, -0.2) is 28.2 Å². The normalized spacial score (nSPS) is 14.4. The zero-order valence-electron chi connectivity index (χ0n) is 10.9. The Morgan fingerprint density at radius 3 is 2.95 bits per heavy atom. The Hall–Kier alpha value is -1.92. The van der Waals surface area contributed by atoms with Crippen LogP contribution >= 0.6 is 12.2 Å². The average molecular weight is 288 g/mol. The van der Waals surface area contributed by atoms with Crippen LogP contribution in [0.25, 0.3) is 0 Å². The molecule has 4 N–H and O–H groups in total. The number of anilines is 2. The summed E-state index contributed by atoms with van der Waals surface area (Å²) in [5.41, 5.74) is 3.10. The molecular formula is C14H16N4OS. The van der Waals surface area contributed by atoms with Crippen molar-refractivity contribution < 1.29 is 5.11 Å². The fourth-order valence-corrected chi connectivity index (χ4v) is 2.62. The summed E-state index contributed by atoms with van der Waals surface area (Å²) in [5.74, 6) is 1.00. The van der Waals surface area contributed by atoms with E-state index < -0.39 is 0 Å². The van der Waals surface area contributed by atoms with Crippen LogP contribution in [0.4, 0.5) is 11.5 Å². The van der Waals surface area contributed by atoms with Crippen LogP contribution in [0.1, 0.15) is 11.3 Å². The lowest BCUT2D eigenvalue weighted by atomic mass is 10.1. The van der Waals surface area contributed by atoms with Gasteiger partial charge < -0.3 is 20.7 Å². The van der Waals surface area contributed by atoms with E-state index >= 15 is 0 Å². The first-order valence-corrected chi connectivity index (χ1v) is 7.02. The van der Waals surface area contributed by atoms with Crippen LogP contribution in [0.15, 0.2) is 24.3 Å². The molecule has 20 heavy (non-hydrogen) atoms. The van der Waals surface area contributed by atoms with Crippen LogP contribution in [0.2, 0.25) is 0 Å². The number of hydrogen-bond donors (Lipinski definition) is 4. The van der Waals surface area contributed by atoms with Gasteiger partial charge in [0.05, 0.1) is 0 Å². The molecule has 0 saturated heterocycles. The van der Waals surface area contributed by atoms with Gasteiger partial charge in [-0.2, -0.15) is 0 Å². The maximum atomic E-state index is 9.53. The number of aromatic amines is 1. The van der Waals surface area contributed by atoms with Gasteiger partial charge in [0, 0.05) is 36.0 Å². The van der Waals surface area contributed by atoms with E-state index in [1.165, 1.54) is 0 Å². The lowest BCUT2D eigenvalue weighted by molar-refractivity contribution is 0.475. The van der Waals surface area contributed by atoms with Gasteiger partial charge in [-0.05, 0) is 37.3 Å². The van der Waals surface area contributed by atoms with Crippen molar-refractivity contribution in [2.45, 2.75) is 12.8 Å². The van der Waals surface area contributed by atoms with Gasteiger partial charge in [-0.1, -0.05) is 6.07 Å². The summed E-state index contributed by atoms with van der Waals surface area (Å²) in [4.78, 5) is 7.57. The molecule has 0 atom stereocenters. The number of H-pyrrole nitrogens is 1. The molecule has 0 spiro atoms. The fraction of sp³-hybridized carbons (Fsp3) is 0.286. The standard InChI is InChI=1S/C14H16N4OS/c19-10-3-1-2-9(8-10)16-13-11-4-6-15-7-5-12(11)17-14(20)18-13/h1-3,8,15,19H,4-7H2,(H2,16,17,18,20). The monoisotopic (exact) mass is 288 g/mol. The average Bonchev–Trinajstić information content (AvgIpc) is 2.64. The molecule has 1 aliphatic heterocycles. The summed E-state index contributed by atoms with van der Waals surface area (Å²) in [5, 5.41) is 16.2. The van der Waals surface area contributed by atoms with E-state index in [0.29, 0.717) is 4.77 Å². The van der Waals surface area contributed by atoms with Crippen molar-refractivity contribution in [1.29, 1.82) is 0 Å². The number of rotatable bonds is 2. The first-order chi connectivity index (χ1) is 9.72. The summed E-state index contributed by atoms with van der Waals surface area (Å²) >= 11 is 5.19. The highest BCUT2D eigenvalue weighted by Gasteiger charge is 2.14. The van der Waals surface area contributed by atoms with Crippen LogP contribution in [0.5, 0.6) is 5.75 Å². The first kappa shape index (κ1) is 13.1. The van der Waals surface area contributed by atoms with Crippen LogP contribution < -0.4 is 10.6 Å². The molecule has 5 nitrogen and oxygen atoms in total. The Morgan fingerprint density at radius 1 is 1.25 bits per heavy atom. The SMILES string of the molecule is Oc1cccc(Nc2nc(=S)[nH]c3c2CCNCC3)c1. The molecule has 2 aromatic rings. The maximum Gasteiger partial charge on any atom is 0.198 e. The van der Waals surface area contributed by atoms with Crippen LogP contribution in [0.3, 0.4) is 0 Å². The van der Waals surface area contributed by atoms with Crippen molar-refractivity contribution in [3.8, 4) is 5.75 Å². The van der Waals surface area contributed by atoms with E-state index in [1.54, 1.807) is 18.2 Å².